The third-order valence-electron chi connectivity index (χ3n) is 2.96. The lowest BCUT2D eigenvalue weighted by Crippen LogP contribution is -2.34. The fraction of sp³-hybridized carbons (Fsp3) is 0.250. The molecule has 0 spiro atoms. The lowest BCUT2D eigenvalue weighted by molar-refractivity contribution is -0.143. The molecule has 1 heterocycles. The first-order valence-corrected chi connectivity index (χ1v) is 6.71. The molecule has 22 heavy (non-hydrogen) atoms. The van der Waals surface area contributed by atoms with Crippen LogP contribution in [0.15, 0.2) is 46.9 Å². The van der Waals surface area contributed by atoms with Crippen LogP contribution in [0.2, 0.25) is 0 Å². The Morgan fingerprint density at radius 1 is 1.18 bits per heavy atom. The largest absolute Gasteiger partial charge is 0.467 e. The Bertz CT molecular complexity index is 635. The number of aryl methyl sites for hydroxylation is 1. The van der Waals surface area contributed by atoms with E-state index in [9.17, 15) is 9.59 Å². The summed E-state index contributed by atoms with van der Waals surface area (Å²) < 4.78 is 15.1. The maximum Gasteiger partial charge on any atom is 0.408 e. The molecule has 1 atom stereocenters. The van der Waals surface area contributed by atoms with Gasteiger partial charge in [-0.2, -0.15) is 0 Å². The van der Waals surface area contributed by atoms with Crippen molar-refractivity contribution < 1.29 is 23.5 Å². The van der Waals surface area contributed by atoms with Gasteiger partial charge in [0.2, 0.25) is 0 Å². The summed E-state index contributed by atoms with van der Waals surface area (Å²) in [6.07, 6.45) is -0.728. The average Bonchev–Trinajstić information content (AvgIpc) is 2.97. The molecule has 2 rings (SSSR count). The lowest BCUT2D eigenvalue weighted by Gasteiger charge is -2.14. The molecule has 0 aliphatic heterocycles. The molecule has 0 radical (unpaired) electrons. The van der Waals surface area contributed by atoms with E-state index in [0.717, 1.165) is 5.56 Å². The molecule has 0 saturated heterocycles. The van der Waals surface area contributed by atoms with E-state index in [1.807, 2.05) is 30.3 Å². The Morgan fingerprint density at radius 3 is 2.50 bits per heavy atom. The summed E-state index contributed by atoms with van der Waals surface area (Å²) in [7, 11) is 1.24. The molecular weight excluding hydrogens is 286 g/mol. The molecule has 1 aromatic heterocycles. The van der Waals surface area contributed by atoms with Crippen LogP contribution in [0.5, 0.6) is 0 Å². The molecular formula is C16H17NO5. The Kier molecular flexibility index (Phi) is 5.19. The maximum absolute atomic E-state index is 11.8. The predicted molar refractivity (Wildman–Crippen MR) is 78.0 cm³/mol. The van der Waals surface area contributed by atoms with Crippen LogP contribution >= 0.6 is 0 Å². The van der Waals surface area contributed by atoms with Crippen molar-refractivity contribution in [3.05, 3.63) is 59.5 Å². The Balaban J connectivity index is 1.98. The Labute approximate surface area is 128 Å². The summed E-state index contributed by atoms with van der Waals surface area (Å²) >= 11 is 0. The molecule has 2 aromatic rings. The van der Waals surface area contributed by atoms with Crippen LogP contribution in [-0.2, 0) is 20.9 Å². The first-order chi connectivity index (χ1) is 10.6. The molecule has 116 valence electrons. The third kappa shape index (κ3) is 4.12. The van der Waals surface area contributed by atoms with Gasteiger partial charge in [0.15, 0.2) is 6.04 Å². The number of amides is 1. The Hall–Kier alpha value is -2.76. The minimum atomic E-state index is -1.04. The second-order valence-electron chi connectivity index (χ2n) is 4.61. The van der Waals surface area contributed by atoms with E-state index >= 15 is 0 Å². The summed E-state index contributed by atoms with van der Waals surface area (Å²) in [6.45, 7) is 1.85. The van der Waals surface area contributed by atoms with E-state index < -0.39 is 18.1 Å². The zero-order valence-corrected chi connectivity index (χ0v) is 12.4. The summed E-state index contributed by atoms with van der Waals surface area (Å²) in [4.78, 5) is 23.6. The van der Waals surface area contributed by atoms with Crippen molar-refractivity contribution in [3.63, 3.8) is 0 Å². The first-order valence-electron chi connectivity index (χ1n) is 6.71. The van der Waals surface area contributed by atoms with E-state index in [4.69, 9.17) is 9.15 Å². The van der Waals surface area contributed by atoms with Crippen molar-refractivity contribution in [2.45, 2.75) is 19.6 Å². The van der Waals surface area contributed by atoms with E-state index in [-0.39, 0.29) is 6.61 Å². The molecule has 1 amide bonds. The number of carbonyl (C=O) groups is 2. The zero-order valence-electron chi connectivity index (χ0n) is 12.4. The van der Waals surface area contributed by atoms with Gasteiger partial charge in [-0.25, -0.2) is 9.59 Å². The number of nitrogens with one attached hydrogen (secondary N) is 1. The molecule has 0 saturated carbocycles. The average molecular weight is 303 g/mol. The van der Waals surface area contributed by atoms with Gasteiger partial charge in [-0.1, -0.05) is 30.3 Å². The van der Waals surface area contributed by atoms with Crippen LogP contribution in [-0.4, -0.2) is 19.2 Å². The molecule has 1 N–H and O–H groups in total. The highest BCUT2D eigenvalue weighted by atomic mass is 16.6. The number of hydrogen-bond donors (Lipinski definition) is 1. The molecule has 1 aromatic carbocycles. The van der Waals surface area contributed by atoms with Gasteiger partial charge in [0, 0.05) is 0 Å². The van der Waals surface area contributed by atoms with Gasteiger partial charge in [0.1, 0.15) is 18.1 Å². The van der Waals surface area contributed by atoms with E-state index in [1.54, 1.807) is 19.1 Å². The van der Waals surface area contributed by atoms with E-state index in [2.05, 4.69) is 10.1 Å². The number of furan rings is 1. The number of alkyl carbamates (subject to hydrolysis) is 1. The number of ether oxygens (including phenoxy) is 2. The van der Waals surface area contributed by atoms with Crippen LogP contribution < -0.4 is 5.32 Å². The highest BCUT2D eigenvalue weighted by molar-refractivity contribution is 5.82. The molecule has 0 bridgehead atoms. The maximum atomic E-state index is 11.8. The summed E-state index contributed by atoms with van der Waals surface area (Å²) in [6, 6.07) is 11.5. The number of hydrogen-bond acceptors (Lipinski definition) is 5. The van der Waals surface area contributed by atoms with Crippen LogP contribution in [0.25, 0.3) is 0 Å². The van der Waals surface area contributed by atoms with Gasteiger partial charge in [0.05, 0.1) is 7.11 Å². The second kappa shape index (κ2) is 7.31. The number of methoxy groups -OCH3 is 1. The van der Waals surface area contributed by atoms with Crippen molar-refractivity contribution in [2.75, 3.05) is 7.11 Å². The van der Waals surface area contributed by atoms with Crippen LogP contribution in [0.1, 0.15) is 23.1 Å². The van der Waals surface area contributed by atoms with Crippen LogP contribution in [0.3, 0.4) is 0 Å². The van der Waals surface area contributed by atoms with Gasteiger partial charge in [-0.05, 0) is 24.6 Å². The normalized spacial score (nSPS) is 11.5. The van der Waals surface area contributed by atoms with Crippen molar-refractivity contribution in [1.82, 2.24) is 5.32 Å². The minimum absolute atomic E-state index is 0.109. The van der Waals surface area contributed by atoms with Gasteiger partial charge >= 0.3 is 12.1 Å². The summed E-state index contributed by atoms with van der Waals surface area (Å²) in [5, 5.41) is 2.44. The minimum Gasteiger partial charge on any atom is -0.467 e. The standard InChI is InChI=1S/C16H17NO5/c1-11-8-9-13(22-11)14(15(18)20-2)17-16(19)21-10-12-6-4-3-5-7-12/h3-9,14H,10H2,1-2H3,(H,17,19). The molecule has 0 fully saturated rings. The van der Waals surface area contributed by atoms with Crippen LogP contribution in [0, 0.1) is 6.92 Å². The zero-order chi connectivity index (χ0) is 15.9. The van der Waals surface area contributed by atoms with Crippen LogP contribution in [0.4, 0.5) is 4.79 Å². The monoisotopic (exact) mass is 303 g/mol. The molecule has 0 aliphatic carbocycles. The second-order valence-corrected chi connectivity index (χ2v) is 4.61. The first kappa shape index (κ1) is 15.6. The van der Waals surface area contributed by atoms with Crippen molar-refractivity contribution in [3.8, 4) is 0 Å². The number of rotatable bonds is 5. The smallest absolute Gasteiger partial charge is 0.408 e. The van der Waals surface area contributed by atoms with Crippen molar-refractivity contribution >= 4 is 12.1 Å². The van der Waals surface area contributed by atoms with Crippen molar-refractivity contribution in [2.24, 2.45) is 0 Å². The van der Waals surface area contributed by atoms with E-state index in [0.29, 0.717) is 11.5 Å². The Morgan fingerprint density at radius 2 is 1.91 bits per heavy atom. The molecule has 1 unspecified atom stereocenters. The summed E-state index contributed by atoms with van der Waals surface area (Å²) in [5.74, 6) is 0.287. The van der Waals surface area contributed by atoms with E-state index in [1.165, 1.54) is 7.11 Å². The van der Waals surface area contributed by atoms with Crippen molar-refractivity contribution in [1.29, 1.82) is 0 Å². The number of benzene rings is 1. The highest BCUT2D eigenvalue weighted by Gasteiger charge is 2.27. The molecule has 0 aliphatic rings. The third-order valence-corrected chi connectivity index (χ3v) is 2.96. The lowest BCUT2D eigenvalue weighted by atomic mass is 10.2. The topological polar surface area (TPSA) is 77.8 Å². The van der Waals surface area contributed by atoms with Gasteiger partial charge in [-0.15, -0.1) is 0 Å². The quantitative estimate of drug-likeness (QED) is 0.859. The highest BCUT2D eigenvalue weighted by Crippen LogP contribution is 2.18. The fourth-order valence-electron chi connectivity index (χ4n) is 1.86. The predicted octanol–water partition coefficient (Wildman–Crippen LogP) is 2.73. The fourth-order valence-corrected chi connectivity index (χ4v) is 1.86. The van der Waals surface area contributed by atoms with Gasteiger partial charge in [-0.3, -0.25) is 0 Å². The van der Waals surface area contributed by atoms with Gasteiger partial charge in [0.25, 0.3) is 0 Å². The summed E-state index contributed by atoms with van der Waals surface area (Å²) in [5.41, 5.74) is 0.848. The number of carbonyl (C=O) groups excluding carboxylic acids is 2. The molecule has 6 nitrogen and oxygen atoms in total. The molecule has 6 heteroatoms. The SMILES string of the molecule is COC(=O)C(NC(=O)OCc1ccccc1)c1ccc(C)o1. The van der Waals surface area contributed by atoms with Gasteiger partial charge < -0.3 is 19.2 Å². The number of esters is 1.